The SMILES string of the molecule is CCN(Cc1ccc2c(c1)OCCO2)CC1CCCCN1. The molecule has 1 aromatic rings. The Labute approximate surface area is 127 Å². The molecule has 0 radical (unpaired) electrons. The normalized spacial score (nSPS) is 21.5. The lowest BCUT2D eigenvalue weighted by atomic mass is 10.0. The minimum atomic E-state index is 0.649. The van der Waals surface area contributed by atoms with Gasteiger partial charge in [-0.05, 0) is 43.6 Å². The van der Waals surface area contributed by atoms with Gasteiger partial charge in [0.1, 0.15) is 13.2 Å². The molecule has 2 aliphatic rings. The van der Waals surface area contributed by atoms with Gasteiger partial charge in [-0.15, -0.1) is 0 Å². The van der Waals surface area contributed by atoms with Crippen LogP contribution >= 0.6 is 0 Å². The quantitative estimate of drug-likeness (QED) is 0.903. The van der Waals surface area contributed by atoms with Gasteiger partial charge in [-0.25, -0.2) is 0 Å². The first-order chi connectivity index (χ1) is 10.3. The van der Waals surface area contributed by atoms with Gasteiger partial charge in [-0.1, -0.05) is 19.4 Å². The molecule has 1 unspecified atom stereocenters. The molecule has 0 bridgehead atoms. The Morgan fingerprint density at radius 3 is 2.81 bits per heavy atom. The number of likely N-dealkylation sites (N-methyl/N-ethyl adjacent to an activating group) is 1. The van der Waals surface area contributed by atoms with Crippen LogP contribution in [0.25, 0.3) is 0 Å². The molecule has 2 aliphatic heterocycles. The number of nitrogens with one attached hydrogen (secondary N) is 1. The minimum Gasteiger partial charge on any atom is -0.486 e. The third kappa shape index (κ3) is 3.89. The maximum atomic E-state index is 5.67. The highest BCUT2D eigenvalue weighted by molar-refractivity contribution is 5.43. The molecule has 1 atom stereocenters. The van der Waals surface area contributed by atoms with Crippen molar-refractivity contribution in [2.45, 2.75) is 38.8 Å². The molecule has 0 spiro atoms. The second kappa shape index (κ2) is 7.14. The zero-order valence-corrected chi connectivity index (χ0v) is 12.9. The molecule has 0 saturated carbocycles. The standard InChI is InChI=1S/C17H26N2O2/c1-2-19(13-15-5-3-4-8-18-15)12-14-6-7-16-17(11-14)21-10-9-20-16/h6-7,11,15,18H,2-5,8-10,12-13H2,1H3. The largest absolute Gasteiger partial charge is 0.486 e. The zero-order chi connectivity index (χ0) is 14.5. The van der Waals surface area contributed by atoms with E-state index in [1.807, 2.05) is 6.07 Å². The zero-order valence-electron chi connectivity index (χ0n) is 12.9. The lowest BCUT2D eigenvalue weighted by Gasteiger charge is -2.30. The fourth-order valence-electron chi connectivity index (χ4n) is 3.14. The molecule has 2 heterocycles. The van der Waals surface area contributed by atoms with E-state index in [9.17, 15) is 0 Å². The number of hydrogen-bond donors (Lipinski definition) is 1. The maximum absolute atomic E-state index is 5.67. The predicted octanol–water partition coefficient (Wildman–Crippen LogP) is 2.42. The molecule has 0 amide bonds. The molecule has 1 N–H and O–H groups in total. The molecule has 1 aromatic carbocycles. The smallest absolute Gasteiger partial charge is 0.161 e. The Morgan fingerprint density at radius 1 is 1.19 bits per heavy atom. The Hall–Kier alpha value is -1.26. The molecule has 21 heavy (non-hydrogen) atoms. The van der Waals surface area contributed by atoms with E-state index in [2.05, 4.69) is 29.3 Å². The molecule has 4 nitrogen and oxygen atoms in total. The van der Waals surface area contributed by atoms with E-state index in [1.165, 1.54) is 31.4 Å². The summed E-state index contributed by atoms with van der Waals surface area (Å²) in [6.45, 7) is 7.90. The van der Waals surface area contributed by atoms with Crippen molar-refractivity contribution in [3.05, 3.63) is 23.8 Å². The number of piperidine rings is 1. The van der Waals surface area contributed by atoms with Crippen LogP contribution in [0.15, 0.2) is 18.2 Å². The van der Waals surface area contributed by atoms with Gasteiger partial charge in [0.2, 0.25) is 0 Å². The summed E-state index contributed by atoms with van der Waals surface area (Å²) in [6, 6.07) is 6.97. The molecule has 4 heteroatoms. The van der Waals surface area contributed by atoms with Crippen LogP contribution < -0.4 is 14.8 Å². The first-order valence-corrected chi connectivity index (χ1v) is 8.19. The average Bonchev–Trinajstić information content (AvgIpc) is 2.55. The van der Waals surface area contributed by atoms with Gasteiger partial charge >= 0.3 is 0 Å². The van der Waals surface area contributed by atoms with E-state index in [0.29, 0.717) is 19.3 Å². The summed E-state index contributed by atoms with van der Waals surface area (Å²) in [5.41, 5.74) is 1.30. The summed E-state index contributed by atoms with van der Waals surface area (Å²) >= 11 is 0. The second-order valence-electron chi connectivity index (χ2n) is 5.95. The summed E-state index contributed by atoms with van der Waals surface area (Å²) in [4.78, 5) is 2.51. The number of benzene rings is 1. The number of hydrogen-bond acceptors (Lipinski definition) is 4. The van der Waals surface area contributed by atoms with Crippen LogP contribution in [0.4, 0.5) is 0 Å². The van der Waals surface area contributed by atoms with Crippen LogP contribution in [0.2, 0.25) is 0 Å². The van der Waals surface area contributed by atoms with Crippen LogP contribution in [0.3, 0.4) is 0 Å². The van der Waals surface area contributed by atoms with Gasteiger partial charge in [0.05, 0.1) is 0 Å². The highest BCUT2D eigenvalue weighted by Gasteiger charge is 2.17. The van der Waals surface area contributed by atoms with Crippen molar-refractivity contribution in [3.63, 3.8) is 0 Å². The monoisotopic (exact) mass is 290 g/mol. The average molecular weight is 290 g/mol. The Balaban J connectivity index is 1.60. The first kappa shape index (κ1) is 14.7. The minimum absolute atomic E-state index is 0.649. The van der Waals surface area contributed by atoms with Gasteiger partial charge in [0.15, 0.2) is 11.5 Å². The predicted molar refractivity (Wildman–Crippen MR) is 84.0 cm³/mol. The van der Waals surface area contributed by atoms with Gasteiger partial charge in [-0.3, -0.25) is 4.90 Å². The van der Waals surface area contributed by atoms with Crippen molar-refractivity contribution < 1.29 is 9.47 Å². The molecule has 3 rings (SSSR count). The molecule has 1 saturated heterocycles. The molecule has 116 valence electrons. The van der Waals surface area contributed by atoms with Gasteiger partial charge < -0.3 is 14.8 Å². The fraction of sp³-hybridized carbons (Fsp3) is 0.647. The molecule has 0 aliphatic carbocycles. The number of rotatable bonds is 5. The maximum Gasteiger partial charge on any atom is 0.161 e. The van der Waals surface area contributed by atoms with E-state index in [1.54, 1.807) is 0 Å². The topological polar surface area (TPSA) is 33.7 Å². The Bertz CT molecular complexity index is 458. The number of fused-ring (bicyclic) bond motifs is 1. The third-order valence-corrected chi connectivity index (χ3v) is 4.35. The lowest BCUT2D eigenvalue weighted by molar-refractivity contribution is 0.170. The van der Waals surface area contributed by atoms with Gasteiger partial charge in [0.25, 0.3) is 0 Å². The van der Waals surface area contributed by atoms with Crippen LogP contribution in [-0.4, -0.2) is 43.8 Å². The summed E-state index contributed by atoms with van der Waals surface area (Å²) in [5.74, 6) is 1.77. The van der Waals surface area contributed by atoms with Crippen LogP contribution in [-0.2, 0) is 6.54 Å². The first-order valence-electron chi connectivity index (χ1n) is 8.19. The lowest BCUT2D eigenvalue weighted by Crippen LogP contribution is -2.43. The second-order valence-corrected chi connectivity index (χ2v) is 5.95. The summed E-state index contributed by atoms with van der Waals surface area (Å²) in [5, 5.41) is 3.63. The van der Waals surface area contributed by atoms with Crippen LogP contribution in [0.5, 0.6) is 11.5 Å². The van der Waals surface area contributed by atoms with Crippen molar-refractivity contribution in [2.24, 2.45) is 0 Å². The van der Waals surface area contributed by atoms with E-state index in [-0.39, 0.29) is 0 Å². The van der Waals surface area contributed by atoms with Crippen molar-refractivity contribution in [1.29, 1.82) is 0 Å². The number of nitrogens with zero attached hydrogens (tertiary/aromatic N) is 1. The molecular weight excluding hydrogens is 264 g/mol. The summed E-state index contributed by atoms with van der Waals surface area (Å²) in [7, 11) is 0. The molecule has 1 fully saturated rings. The Morgan fingerprint density at radius 2 is 2.05 bits per heavy atom. The van der Waals surface area contributed by atoms with Crippen molar-refractivity contribution in [3.8, 4) is 11.5 Å². The highest BCUT2D eigenvalue weighted by Crippen LogP contribution is 2.31. The number of ether oxygens (including phenoxy) is 2. The Kier molecular flexibility index (Phi) is 4.99. The van der Waals surface area contributed by atoms with E-state index in [4.69, 9.17) is 9.47 Å². The van der Waals surface area contributed by atoms with Gasteiger partial charge in [0, 0.05) is 19.1 Å². The van der Waals surface area contributed by atoms with E-state index < -0.39 is 0 Å². The van der Waals surface area contributed by atoms with E-state index in [0.717, 1.165) is 31.1 Å². The highest BCUT2D eigenvalue weighted by atomic mass is 16.6. The summed E-state index contributed by atoms with van der Waals surface area (Å²) < 4.78 is 11.3. The van der Waals surface area contributed by atoms with Crippen molar-refractivity contribution >= 4 is 0 Å². The van der Waals surface area contributed by atoms with Gasteiger partial charge in [-0.2, -0.15) is 0 Å². The molecule has 0 aromatic heterocycles. The van der Waals surface area contributed by atoms with Crippen molar-refractivity contribution in [2.75, 3.05) is 32.8 Å². The fourth-order valence-corrected chi connectivity index (χ4v) is 3.14. The van der Waals surface area contributed by atoms with Crippen LogP contribution in [0.1, 0.15) is 31.7 Å². The summed E-state index contributed by atoms with van der Waals surface area (Å²) in [6.07, 6.45) is 3.99. The van der Waals surface area contributed by atoms with Crippen molar-refractivity contribution in [1.82, 2.24) is 10.2 Å². The van der Waals surface area contributed by atoms with Crippen LogP contribution in [0, 0.1) is 0 Å². The van der Waals surface area contributed by atoms with E-state index >= 15 is 0 Å². The molecular formula is C17H26N2O2. The third-order valence-electron chi connectivity index (χ3n) is 4.35.